The number of hydrogen-bond donors (Lipinski definition) is 2. The molecule has 21 heavy (non-hydrogen) atoms. The summed E-state index contributed by atoms with van der Waals surface area (Å²) in [5, 5.41) is 11.7. The molecule has 0 aliphatic heterocycles. The molecule has 0 unspecified atom stereocenters. The van der Waals surface area contributed by atoms with E-state index < -0.39 is 17.4 Å². The monoisotopic (exact) mass is 297 g/mol. The molecule has 0 saturated heterocycles. The smallest absolute Gasteiger partial charge is 0.305 e. The first-order valence-electron chi connectivity index (χ1n) is 6.82. The molecule has 0 radical (unpaired) electrons. The Hall–Kier alpha value is -2.11. The van der Waals surface area contributed by atoms with Gasteiger partial charge in [0, 0.05) is 0 Å². The van der Waals surface area contributed by atoms with Gasteiger partial charge in [-0.25, -0.2) is 4.39 Å². The van der Waals surface area contributed by atoms with Gasteiger partial charge in [0.2, 0.25) is 0 Å². The van der Waals surface area contributed by atoms with Crippen LogP contribution in [-0.4, -0.2) is 29.1 Å². The zero-order chi connectivity index (χ0) is 15.9. The highest BCUT2D eigenvalue weighted by Gasteiger charge is 2.30. The van der Waals surface area contributed by atoms with E-state index in [1.165, 1.54) is 24.3 Å². The number of hydrogen-bond acceptors (Lipinski definition) is 3. The maximum absolute atomic E-state index is 12.7. The fourth-order valence-electron chi connectivity index (χ4n) is 2.02. The van der Waals surface area contributed by atoms with Gasteiger partial charge in [0.05, 0.1) is 12.0 Å². The molecule has 1 rings (SSSR count). The molecule has 1 aromatic rings. The number of carboxylic acid groups (broad SMARTS) is 1. The summed E-state index contributed by atoms with van der Waals surface area (Å²) in [6.07, 6.45) is 0.887. The molecule has 0 aliphatic carbocycles. The summed E-state index contributed by atoms with van der Waals surface area (Å²) in [5.41, 5.74) is -0.769. The van der Waals surface area contributed by atoms with Gasteiger partial charge in [-0.3, -0.25) is 9.59 Å². The van der Waals surface area contributed by atoms with Crippen LogP contribution in [0.3, 0.4) is 0 Å². The zero-order valence-corrected chi connectivity index (χ0v) is 12.2. The van der Waals surface area contributed by atoms with Crippen molar-refractivity contribution in [3.63, 3.8) is 0 Å². The highest BCUT2D eigenvalue weighted by atomic mass is 19.1. The number of carbonyl (C=O) groups excluding carboxylic acids is 1. The second kappa shape index (κ2) is 7.61. The van der Waals surface area contributed by atoms with Crippen molar-refractivity contribution in [2.75, 3.05) is 6.61 Å². The molecule has 0 aromatic heterocycles. The van der Waals surface area contributed by atoms with E-state index in [-0.39, 0.29) is 18.8 Å². The highest BCUT2D eigenvalue weighted by molar-refractivity contribution is 5.79. The van der Waals surface area contributed by atoms with Crippen LogP contribution < -0.4 is 10.1 Å². The van der Waals surface area contributed by atoms with Crippen LogP contribution in [0.25, 0.3) is 0 Å². The summed E-state index contributed by atoms with van der Waals surface area (Å²) < 4.78 is 18.0. The Morgan fingerprint density at radius 1 is 1.24 bits per heavy atom. The Morgan fingerprint density at radius 2 is 1.81 bits per heavy atom. The minimum absolute atomic E-state index is 0.137. The molecule has 5 nitrogen and oxygen atoms in total. The molecule has 1 aromatic carbocycles. The van der Waals surface area contributed by atoms with Gasteiger partial charge in [-0.05, 0) is 37.1 Å². The van der Waals surface area contributed by atoms with Crippen molar-refractivity contribution < 1.29 is 23.8 Å². The molecule has 0 atom stereocenters. The number of carboxylic acids is 1. The summed E-state index contributed by atoms with van der Waals surface area (Å²) in [7, 11) is 0. The summed E-state index contributed by atoms with van der Waals surface area (Å²) in [5.74, 6) is -1.37. The number of nitrogens with one attached hydrogen (secondary N) is 1. The van der Waals surface area contributed by atoms with E-state index >= 15 is 0 Å². The van der Waals surface area contributed by atoms with Gasteiger partial charge in [0.25, 0.3) is 5.91 Å². The van der Waals surface area contributed by atoms with Crippen LogP contribution in [0, 0.1) is 5.82 Å². The molecule has 0 heterocycles. The summed E-state index contributed by atoms with van der Waals surface area (Å²) in [4.78, 5) is 22.8. The quantitative estimate of drug-likeness (QED) is 0.772. The number of rotatable bonds is 8. The lowest BCUT2D eigenvalue weighted by atomic mass is 9.89. The molecule has 116 valence electrons. The van der Waals surface area contributed by atoms with Gasteiger partial charge < -0.3 is 15.2 Å². The first-order chi connectivity index (χ1) is 9.90. The van der Waals surface area contributed by atoms with E-state index in [1.54, 1.807) is 0 Å². The fraction of sp³-hybridized carbons (Fsp3) is 0.467. The van der Waals surface area contributed by atoms with Gasteiger partial charge >= 0.3 is 5.97 Å². The van der Waals surface area contributed by atoms with E-state index in [0.29, 0.717) is 18.6 Å². The van der Waals surface area contributed by atoms with Crippen molar-refractivity contribution >= 4 is 11.9 Å². The highest BCUT2D eigenvalue weighted by Crippen LogP contribution is 2.20. The van der Waals surface area contributed by atoms with E-state index in [1.807, 2.05) is 13.8 Å². The second-order valence-electron chi connectivity index (χ2n) is 4.85. The number of halogens is 1. The molecular weight excluding hydrogens is 277 g/mol. The van der Waals surface area contributed by atoms with Crippen LogP contribution in [0.1, 0.15) is 33.1 Å². The standard InChI is InChI=1S/C15H20FNO4/c1-3-15(4-2,9-14(19)20)17-13(18)10-21-12-7-5-11(16)6-8-12/h5-8H,3-4,9-10H2,1-2H3,(H,17,18)(H,19,20). The van der Waals surface area contributed by atoms with Crippen molar-refractivity contribution in [3.05, 3.63) is 30.1 Å². The minimum Gasteiger partial charge on any atom is -0.484 e. The van der Waals surface area contributed by atoms with E-state index in [0.717, 1.165) is 0 Å². The third kappa shape index (κ3) is 5.41. The van der Waals surface area contributed by atoms with E-state index in [2.05, 4.69) is 5.32 Å². The maximum atomic E-state index is 12.7. The third-order valence-corrected chi connectivity index (χ3v) is 3.43. The Labute approximate surface area is 123 Å². The molecule has 0 spiro atoms. The second-order valence-corrected chi connectivity index (χ2v) is 4.85. The Balaban J connectivity index is 2.57. The summed E-state index contributed by atoms with van der Waals surface area (Å²) in [6.45, 7) is 3.41. The fourth-order valence-corrected chi connectivity index (χ4v) is 2.02. The van der Waals surface area contributed by atoms with Crippen LogP contribution >= 0.6 is 0 Å². The van der Waals surface area contributed by atoms with Crippen molar-refractivity contribution in [1.29, 1.82) is 0 Å². The van der Waals surface area contributed by atoms with Crippen molar-refractivity contribution in [3.8, 4) is 5.75 Å². The normalized spacial score (nSPS) is 11.0. The molecule has 0 saturated carbocycles. The SMILES string of the molecule is CCC(CC)(CC(=O)O)NC(=O)COc1ccc(F)cc1. The number of benzene rings is 1. The Kier molecular flexibility index (Phi) is 6.14. The third-order valence-electron chi connectivity index (χ3n) is 3.43. The summed E-state index contributed by atoms with van der Waals surface area (Å²) >= 11 is 0. The molecule has 6 heteroatoms. The zero-order valence-electron chi connectivity index (χ0n) is 12.2. The summed E-state index contributed by atoms with van der Waals surface area (Å²) in [6, 6.07) is 5.32. The lowest BCUT2D eigenvalue weighted by Crippen LogP contribution is -2.50. The van der Waals surface area contributed by atoms with Gasteiger partial charge in [-0.1, -0.05) is 13.8 Å². The topological polar surface area (TPSA) is 75.6 Å². The molecule has 2 N–H and O–H groups in total. The van der Waals surface area contributed by atoms with Gasteiger partial charge in [0.1, 0.15) is 11.6 Å². The minimum atomic E-state index is -0.960. The largest absolute Gasteiger partial charge is 0.484 e. The number of carbonyl (C=O) groups is 2. The maximum Gasteiger partial charge on any atom is 0.305 e. The number of aliphatic carboxylic acids is 1. The average molecular weight is 297 g/mol. The predicted octanol–water partition coefficient (Wildman–Crippen LogP) is 2.35. The van der Waals surface area contributed by atoms with E-state index in [4.69, 9.17) is 9.84 Å². The van der Waals surface area contributed by atoms with Gasteiger partial charge in [-0.2, -0.15) is 0 Å². The van der Waals surface area contributed by atoms with Crippen LogP contribution in [0.2, 0.25) is 0 Å². The lowest BCUT2D eigenvalue weighted by molar-refractivity contribution is -0.139. The first-order valence-corrected chi connectivity index (χ1v) is 6.82. The Bertz CT molecular complexity index is 483. The molecule has 0 aliphatic rings. The van der Waals surface area contributed by atoms with E-state index in [9.17, 15) is 14.0 Å². The predicted molar refractivity (Wildman–Crippen MR) is 75.6 cm³/mol. The van der Waals surface area contributed by atoms with Crippen LogP contribution in [0.4, 0.5) is 4.39 Å². The van der Waals surface area contributed by atoms with Crippen LogP contribution in [0.5, 0.6) is 5.75 Å². The van der Waals surface area contributed by atoms with Crippen molar-refractivity contribution in [2.45, 2.75) is 38.6 Å². The molecule has 0 fully saturated rings. The van der Waals surface area contributed by atoms with Gasteiger partial charge in [0.15, 0.2) is 6.61 Å². The average Bonchev–Trinajstić information content (AvgIpc) is 2.45. The molecule has 1 amide bonds. The molecular formula is C15H20FNO4. The number of amides is 1. The van der Waals surface area contributed by atoms with Gasteiger partial charge in [-0.15, -0.1) is 0 Å². The van der Waals surface area contributed by atoms with Crippen LogP contribution in [0.15, 0.2) is 24.3 Å². The van der Waals surface area contributed by atoms with Crippen molar-refractivity contribution in [2.24, 2.45) is 0 Å². The van der Waals surface area contributed by atoms with Crippen molar-refractivity contribution in [1.82, 2.24) is 5.32 Å². The number of ether oxygens (including phenoxy) is 1. The Morgan fingerprint density at radius 3 is 2.29 bits per heavy atom. The molecule has 0 bridgehead atoms. The first kappa shape index (κ1) is 16.9. The van der Waals surface area contributed by atoms with Crippen LogP contribution in [-0.2, 0) is 9.59 Å². The lowest BCUT2D eigenvalue weighted by Gasteiger charge is -2.31.